The van der Waals surface area contributed by atoms with Crippen molar-refractivity contribution in [1.82, 2.24) is 0 Å². The fourth-order valence-electron chi connectivity index (χ4n) is 2.14. The predicted molar refractivity (Wildman–Crippen MR) is 82.9 cm³/mol. The Morgan fingerprint density at radius 3 is 2.25 bits per heavy atom. The van der Waals surface area contributed by atoms with E-state index in [2.05, 4.69) is 15.9 Å². The van der Waals surface area contributed by atoms with E-state index in [1.54, 1.807) is 18.2 Å². The van der Waals surface area contributed by atoms with E-state index in [1.165, 1.54) is 12.1 Å². The highest BCUT2D eigenvalue weighted by Gasteiger charge is 2.24. The highest BCUT2D eigenvalue weighted by molar-refractivity contribution is 9.10. The Balaban J connectivity index is 1.94. The van der Waals surface area contributed by atoms with Crippen LogP contribution in [0.5, 0.6) is 5.75 Å². The molecule has 0 heterocycles. The number of hydrogen-bond acceptors (Lipinski definition) is 2. The smallest absolute Gasteiger partial charge is 0.346 e. The molecule has 3 rings (SSSR count). The van der Waals surface area contributed by atoms with E-state index in [0.29, 0.717) is 0 Å². The molecule has 0 aliphatic heterocycles. The fourth-order valence-corrected chi connectivity index (χ4v) is 2.52. The van der Waals surface area contributed by atoms with Crippen LogP contribution in [-0.4, -0.2) is 5.97 Å². The molecule has 2 nitrogen and oxygen atoms in total. The van der Waals surface area contributed by atoms with Gasteiger partial charge in [-0.3, -0.25) is 0 Å². The molecule has 24 heavy (non-hydrogen) atoms. The van der Waals surface area contributed by atoms with Crippen LogP contribution in [0.2, 0.25) is 0 Å². The number of ether oxygens (including phenoxy) is 1. The SMILES string of the molecule is O=C(Oc1ccc2cc(Br)ccc2c1)c1cc(F)c(F)c(F)c1F. The van der Waals surface area contributed by atoms with Crippen LogP contribution in [0.15, 0.2) is 46.9 Å². The average molecular weight is 399 g/mol. The second-order valence-corrected chi connectivity index (χ2v) is 5.81. The Bertz CT molecular complexity index is 972. The molecule has 0 unspecified atom stereocenters. The van der Waals surface area contributed by atoms with Gasteiger partial charge in [-0.05, 0) is 41.1 Å². The summed E-state index contributed by atoms with van der Waals surface area (Å²) < 4.78 is 58.7. The standard InChI is InChI=1S/C17H7BrF4O2/c18-10-3-1-9-6-11(4-2-8(9)5-10)24-17(23)12-7-13(19)15(21)16(22)14(12)20/h1-7H. The first-order valence-electron chi connectivity index (χ1n) is 6.61. The zero-order chi connectivity index (χ0) is 17.4. The van der Waals surface area contributed by atoms with Crippen LogP contribution in [0.25, 0.3) is 10.8 Å². The Hall–Kier alpha value is -2.41. The molecule has 3 aromatic rings. The van der Waals surface area contributed by atoms with Crippen molar-refractivity contribution in [1.29, 1.82) is 0 Å². The van der Waals surface area contributed by atoms with E-state index in [0.717, 1.165) is 15.2 Å². The second kappa shape index (κ2) is 6.24. The molecule has 0 aromatic heterocycles. The van der Waals surface area contributed by atoms with Gasteiger partial charge in [-0.25, -0.2) is 22.4 Å². The molecule has 0 saturated heterocycles. The number of halogens is 5. The summed E-state index contributed by atoms with van der Waals surface area (Å²) in [4.78, 5) is 11.9. The first-order valence-corrected chi connectivity index (χ1v) is 7.40. The number of fused-ring (bicyclic) bond motifs is 1. The van der Waals surface area contributed by atoms with Crippen molar-refractivity contribution in [2.45, 2.75) is 0 Å². The maximum atomic E-state index is 13.6. The molecule has 0 radical (unpaired) electrons. The predicted octanol–water partition coefficient (Wildman–Crippen LogP) is 5.38. The van der Waals surface area contributed by atoms with Gasteiger partial charge in [0.15, 0.2) is 23.3 Å². The minimum atomic E-state index is -2.06. The number of hydrogen-bond donors (Lipinski definition) is 0. The third kappa shape index (κ3) is 2.99. The lowest BCUT2D eigenvalue weighted by molar-refractivity contribution is 0.0728. The van der Waals surface area contributed by atoms with Crippen LogP contribution in [0.3, 0.4) is 0 Å². The highest BCUT2D eigenvalue weighted by Crippen LogP contribution is 2.25. The fraction of sp³-hybridized carbons (Fsp3) is 0. The van der Waals surface area contributed by atoms with Crippen molar-refractivity contribution in [3.8, 4) is 5.75 Å². The molecule has 0 spiro atoms. The van der Waals surface area contributed by atoms with E-state index in [4.69, 9.17) is 4.74 Å². The number of carbonyl (C=O) groups excluding carboxylic acids is 1. The lowest BCUT2D eigenvalue weighted by Crippen LogP contribution is -2.13. The lowest BCUT2D eigenvalue weighted by atomic mass is 10.1. The molecular weight excluding hydrogens is 392 g/mol. The van der Waals surface area contributed by atoms with Crippen molar-refractivity contribution in [3.63, 3.8) is 0 Å². The molecule has 0 amide bonds. The molecule has 122 valence electrons. The Labute approximate surface area is 141 Å². The largest absolute Gasteiger partial charge is 0.423 e. The summed E-state index contributed by atoms with van der Waals surface area (Å²) in [6.45, 7) is 0. The van der Waals surface area contributed by atoms with Gasteiger partial charge in [0.05, 0.1) is 0 Å². The highest BCUT2D eigenvalue weighted by atomic mass is 79.9. The van der Waals surface area contributed by atoms with Crippen LogP contribution in [0, 0.1) is 23.3 Å². The monoisotopic (exact) mass is 398 g/mol. The first-order chi connectivity index (χ1) is 11.4. The molecule has 0 bridgehead atoms. The number of rotatable bonds is 2. The maximum Gasteiger partial charge on any atom is 0.346 e. The van der Waals surface area contributed by atoms with E-state index < -0.39 is 34.8 Å². The van der Waals surface area contributed by atoms with Crippen molar-refractivity contribution in [2.75, 3.05) is 0 Å². The minimum absolute atomic E-state index is 0.0550. The molecule has 0 N–H and O–H groups in total. The Morgan fingerprint density at radius 1 is 0.833 bits per heavy atom. The van der Waals surface area contributed by atoms with Crippen LogP contribution in [0.1, 0.15) is 10.4 Å². The summed E-state index contributed by atoms with van der Waals surface area (Å²) in [7, 11) is 0. The zero-order valence-electron chi connectivity index (χ0n) is 11.7. The van der Waals surface area contributed by atoms with Crippen LogP contribution < -0.4 is 4.74 Å². The summed E-state index contributed by atoms with van der Waals surface area (Å²) in [5, 5.41) is 1.59. The second-order valence-electron chi connectivity index (χ2n) is 4.89. The van der Waals surface area contributed by atoms with Gasteiger partial charge >= 0.3 is 5.97 Å². The third-order valence-corrected chi connectivity index (χ3v) is 3.80. The van der Waals surface area contributed by atoms with Crippen LogP contribution in [-0.2, 0) is 0 Å². The van der Waals surface area contributed by atoms with Gasteiger partial charge in [0, 0.05) is 4.47 Å². The van der Waals surface area contributed by atoms with Gasteiger partial charge < -0.3 is 4.74 Å². The molecular formula is C17H7BrF4O2. The molecule has 3 aromatic carbocycles. The van der Waals surface area contributed by atoms with Gasteiger partial charge in [0.25, 0.3) is 0 Å². The molecule has 0 saturated carbocycles. The quantitative estimate of drug-likeness (QED) is 0.190. The van der Waals surface area contributed by atoms with Gasteiger partial charge in [-0.2, -0.15) is 0 Å². The zero-order valence-corrected chi connectivity index (χ0v) is 13.3. The van der Waals surface area contributed by atoms with Crippen molar-refractivity contribution < 1.29 is 27.1 Å². The molecule has 0 aliphatic rings. The van der Waals surface area contributed by atoms with Crippen LogP contribution in [0.4, 0.5) is 17.6 Å². The van der Waals surface area contributed by atoms with Gasteiger partial charge in [-0.1, -0.05) is 28.1 Å². The summed E-state index contributed by atoms with van der Waals surface area (Å²) in [5.74, 6) is -8.81. The normalized spacial score (nSPS) is 10.9. The summed E-state index contributed by atoms with van der Waals surface area (Å²) in [6.07, 6.45) is 0. The Morgan fingerprint density at radius 2 is 1.50 bits per heavy atom. The van der Waals surface area contributed by atoms with Gasteiger partial charge in [0.2, 0.25) is 0 Å². The average Bonchev–Trinajstić information content (AvgIpc) is 2.56. The van der Waals surface area contributed by atoms with E-state index >= 15 is 0 Å². The molecule has 0 fully saturated rings. The van der Waals surface area contributed by atoms with Crippen molar-refractivity contribution in [3.05, 3.63) is 75.8 Å². The third-order valence-electron chi connectivity index (χ3n) is 3.31. The van der Waals surface area contributed by atoms with Gasteiger partial charge in [0.1, 0.15) is 11.3 Å². The molecule has 7 heteroatoms. The Kier molecular flexibility index (Phi) is 4.28. The maximum absolute atomic E-state index is 13.6. The lowest BCUT2D eigenvalue weighted by Gasteiger charge is -2.08. The number of carbonyl (C=O) groups is 1. The summed E-state index contributed by atoms with van der Waals surface area (Å²) >= 11 is 3.32. The summed E-state index contributed by atoms with van der Waals surface area (Å²) in [6, 6.07) is 10.2. The van der Waals surface area contributed by atoms with E-state index in [1.807, 2.05) is 6.07 Å². The molecule has 0 aliphatic carbocycles. The number of esters is 1. The van der Waals surface area contributed by atoms with Crippen molar-refractivity contribution in [2.24, 2.45) is 0 Å². The van der Waals surface area contributed by atoms with E-state index in [9.17, 15) is 22.4 Å². The molecule has 0 atom stereocenters. The van der Waals surface area contributed by atoms with E-state index in [-0.39, 0.29) is 11.8 Å². The van der Waals surface area contributed by atoms with Crippen LogP contribution >= 0.6 is 15.9 Å². The topological polar surface area (TPSA) is 26.3 Å². The van der Waals surface area contributed by atoms with Gasteiger partial charge in [-0.15, -0.1) is 0 Å². The minimum Gasteiger partial charge on any atom is -0.423 e. The van der Waals surface area contributed by atoms with Crippen molar-refractivity contribution >= 4 is 32.7 Å². The number of benzene rings is 3. The first kappa shape index (κ1) is 16.4. The summed E-state index contributed by atoms with van der Waals surface area (Å²) in [5.41, 5.74) is -1.03.